The lowest BCUT2D eigenvalue weighted by molar-refractivity contribution is 0.315. The van der Waals surface area contributed by atoms with E-state index in [0.29, 0.717) is 6.61 Å². The lowest BCUT2D eigenvalue weighted by atomic mass is 10.2. The number of halogens is 1. The molecule has 0 fully saturated rings. The van der Waals surface area contributed by atoms with Crippen molar-refractivity contribution in [3.05, 3.63) is 0 Å². The van der Waals surface area contributed by atoms with Gasteiger partial charge in [0.2, 0.25) is 0 Å². The maximum atomic E-state index is 10.8. The van der Waals surface area contributed by atoms with Crippen LogP contribution in [0, 0.1) is 0 Å². The molecule has 0 aliphatic carbocycles. The van der Waals surface area contributed by atoms with Gasteiger partial charge >= 0.3 is 0 Å². The topological polar surface area (TPSA) is 26.3 Å². The Kier molecular flexibility index (Phi) is 6.31. The first-order chi connectivity index (χ1) is 5.06. The maximum absolute atomic E-state index is 10.8. The Hall–Kier alpha value is 0.480. The Morgan fingerprint density at radius 2 is 2.00 bits per heavy atom. The molecule has 0 aromatic heterocycles. The minimum Gasteiger partial charge on any atom is -0.318 e. The number of unbranched alkanes of at least 4 members (excludes halogenated alkanes) is 3. The lowest BCUT2D eigenvalue weighted by Gasteiger charge is -2.04. The Morgan fingerprint density at radius 1 is 1.36 bits per heavy atom. The molecular weight excluding hydrogens is 183 g/mol. The maximum Gasteiger partial charge on any atom is 0.287 e. The molecule has 0 spiro atoms. The van der Waals surface area contributed by atoms with Crippen LogP contribution >= 0.6 is 18.0 Å². The molecule has 0 aromatic carbocycles. The molecule has 0 N–H and O–H groups in total. The van der Waals surface area contributed by atoms with Crippen LogP contribution in [-0.2, 0) is 9.09 Å². The van der Waals surface area contributed by atoms with E-state index in [1.165, 1.54) is 19.5 Å². The van der Waals surface area contributed by atoms with Gasteiger partial charge in [-0.15, -0.1) is 0 Å². The van der Waals surface area contributed by atoms with E-state index < -0.39 is 6.72 Å². The van der Waals surface area contributed by atoms with Crippen LogP contribution in [0.15, 0.2) is 0 Å². The fraction of sp³-hybridized carbons (Fsp3) is 1.00. The monoisotopic (exact) mass is 198 g/mol. The van der Waals surface area contributed by atoms with E-state index in [9.17, 15) is 4.57 Å². The molecule has 0 saturated carbocycles. The van der Waals surface area contributed by atoms with Gasteiger partial charge in [0.15, 0.2) is 0 Å². The summed E-state index contributed by atoms with van der Waals surface area (Å²) in [6, 6.07) is 0. The highest BCUT2D eigenvalue weighted by Crippen LogP contribution is 2.48. The first-order valence-corrected chi connectivity index (χ1v) is 6.95. The van der Waals surface area contributed by atoms with Crippen molar-refractivity contribution in [2.75, 3.05) is 13.3 Å². The van der Waals surface area contributed by atoms with E-state index in [-0.39, 0.29) is 0 Å². The molecule has 1 atom stereocenters. The Bertz CT molecular complexity index is 132. The first-order valence-electron chi connectivity index (χ1n) is 3.98. The van der Waals surface area contributed by atoms with Gasteiger partial charge < -0.3 is 4.52 Å². The molecule has 0 aliphatic heterocycles. The summed E-state index contributed by atoms with van der Waals surface area (Å²) in [5.74, 6) is 0. The zero-order valence-electron chi connectivity index (χ0n) is 7.18. The smallest absolute Gasteiger partial charge is 0.287 e. The van der Waals surface area contributed by atoms with Crippen molar-refractivity contribution in [2.24, 2.45) is 0 Å². The van der Waals surface area contributed by atoms with Crippen LogP contribution in [0.3, 0.4) is 0 Å². The van der Waals surface area contributed by atoms with Crippen molar-refractivity contribution in [3.8, 4) is 0 Å². The van der Waals surface area contributed by atoms with E-state index in [2.05, 4.69) is 6.92 Å². The molecule has 0 amide bonds. The lowest BCUT2D eigenvalue weighted by Crippen LogP contribution is -1.88. The van der Waals surface area contributed by atoms with E-state index in [0.717, 1.165) is 12.8 Å². The van der Waals surface area contributed by atoms with Crippen molar-refractivity contribution in [1.29, 1.82) is 0 Å². The summed E-state index contributed by atoms with van der Waals surface area (Å²) in [6.45, 7) is 1.35. The summed E-state index contributed by atoms with van der Waals surface area (Å²) in [5, 5.41) is 0. The van der Waals surface area contributed by atoms with Gasteiger partial charge in [-0.3, -0.25) is 4.57 Å². The Labute approximate surface area is 73.5 Å². The van der Waals surface area contributed by atoms with Gasteiger partial charge in [-0.25, -0.2) is 0 Å². The fourth-order valence-electron chi connectivity index (χ4n) is 0.756. The van der Waals surface area contributed by atoms with Crippen LogP contribution in [0.5, 0.6) is 0 Å². The minimum atomic E-state index is -2.74. The molecule has 0 aliphatic rings. The van der Waals surface area contributed by atoms with Crippen LogP contribution in [0.1, 0.15) is 32.6 Å². The van der Waals surface area contributed by atoms with E-state index in [1.807, 2.05) is 0 Å². The predicted octanol–water partition coefficient (Wildman–Crippen LogP) is 3.65. The third-order valence-corrected chi connectivity index (χ3v) is 2.26. The largest absolute Gasteiger partial charge is 0.318 e. The number of rotatable bonds is 6. The molecule has 0 rings (SSSR count). The molecule has 0 heterocycles. The van der Waals surface area contributed by atoms with Crippen LogP contribution in [0.25, 0.3) is 0 Å². The van der Waals surface area contributed by atoms with Crippen molar-refractivity contribution in [1.82, 2.24) is 0 Å². The third-order valence-electron chi connectivity index (χ3n) is 1.32. The highest BCUT2D eigenvalue weighted by atomic mass is 35.7. The summed E-state index contributed by atoms with van der Waals surface area (Å²) in [4.78, 5) is 0. The molecule has 0 aromatic rings. The second-order valence-corrected chi connectivity index (χ2v) is 6.23. The molecule has 11 heavy (non-hydrogen) atoms. The van der Waals surface area contributed by atoms with Crippen LogP contribution in [0.4, 0.5) is 0 Å². The van der Waals surface area contributed by atoms with E-state index in [4.69, 9.17) is 15.8 Å². The molecular formula is C7H16ClO2P. The number of hydrogen-bond donors (Lipinski definition) is 0. The van der Waals surface area contributed by atoms with Crippen molar-refractivity contribution < 1.29 is 9.09 Å². The average Bonchev–Trinajstić information content (AvgIpc) is 1.85. The molecule has 4 heteroatoms. The predicted molar refractivity (Wildman–Crippen MR) is 49.5 cm³/mol. The van der Waals surface area contributed by atoms with Gasteiger partial charge in [0, 0.05) is 6.66 Å². The standard InChI is InChI=1S/C7H16ClO2P/c1-3-4-5-6-7-10-11(2,8)9/h3-7H2,1-2H3. The fourth-order valence-corrected chi connectivity index (χ4v) is 1.42. The van der Waals surface area contributed by atoms with Crippen LogP contribution in [-0.4, -0.2) is 13.3 Å². The zero-order chi connectivity index (χ0) is 8.74. The summed E-state index contributed by atoms with van der Waals surface area (Å²) in [5.41, 5.74) is 0. The molecule has 68 valence electrons. The van der Waals surface area contributed by atoms with Crippen molar-refractivity contribution in [2.45, 2.75) is 32.6 Å². The van der Waals surface area contributed by atoms with Gasteiger partial charge in [0.1, 0.15) is 0 Å². The molecule has 1 unspecified atom stereocenters. The van der Waals surface area contributed by atoms with E-state index in [1.54, 1.807) is 0 Å². The summed E-state index contributed by atoms with van der Waals surface area (Å²) in [7, 11) is 0. The highest BCUT2D eigenvalue weighted by Gasteiger charge is 2.08. The second-order valence-electron chi connectivity index (χ2n) is 2.64. The zero-order valence-corrected chi connectivity index (χ0v) is 8.83. The SMILES string of the molecule is CCCCCCOP(C)(=O)Cl. The Morgan fingerprint density at radius 3 is 2.45 bits per heavy atom. The van der Waals surface area contributed by atoms with E-state index >= 15 is 0 Å². The van der Waals surface area contributed by atoms with Crippen molar-refractivity contribution >= 4 is 18.0 Å². The van der Waals surface area contributed by atoms with Gasteiger partial charge in [0.05, 0.1) is 6.61 Å². The Balaban J connectivity index is 3.09. The quantitative estimate of drug-likeness (QED) is 0.481. The first kappa shape index (κ1) is 11.5. The molecule has 0 saturated heterocycles. The van der Waals surface area contributed by atoms with Gasteiger partial charge in [-0.2, -0.15) is 0 Å². The normalized spacial score (nSPS) is 16.3. The van der Waals surface area contributed by atoms with Gasteiger partial charge in [-0.05, 0) is 17.7 Å². The summed E-state index contributed by atoms with van der Waals surface area (Å²) in [6.07, 6.45) is 4.50. The molecule has 2 nitrogen and oxygen atoms in total. The minimum absolute atomic E-state index is 0.525. The second kappa shape index (κ2) is 6.05. The van der Waals surface area contributed by atoms with Gasteiger partial charge in [0.25, 0.3) is 6.72 Å². The molecule has 0 radical (unpaired) electrons. The summed E-state index contributed by atoms with van der Waals surface area (Å²) < 4.78 is 15.7. The van der Waals surface area contributed by atoms with Gasteiger partial charge in [-0.1, -0.05) is 26.2 Å². The molecule has 0 bridgehead atoms. The summed E-state index contributed by atoms with van der Waals surface area (Å²) >= 11 is 5.38. The average molecular weight is 199 g/mol. The highest BCUT2D eigenvalue weighted by molar-refractivity contribution is 7.84. The van der Waals surface area contributed by atoms with Crippen molar-refractivity contribution in [3.63, 3.8) is 0 Å². The van der Waals surface area contributed by atoms with Crippen LogP contribution in [0.2, 0.25) is 0 Å². The third kappa shape index (κ3) is 10.5. The van der Waals surface area contributed by atoms with Crippen LogP contribution < -0.4 is 0 Å². The number of hydrogen-bond acceptors (Lipinski definition) is 2.